The van der Waals surface area contributed by atoms with E-state index in [1.807, 2.05) is 0 Å². The third-order valence-corrected chi connectivity index (χ3v) is 5.22. The Balaban J connectivity index is 1.68. The second kappa shape index (κ2) is 7.86. The molecule has 7 heteroatoms. The maximum Gasteiger partial charge on any atom is 0.317 e. The minimum Gasteiger partial charge on any atom is -0.354 e. The van der Waals surface area contributed by atoms with Crippen molar-refractivity contribution in [1.29, 1.82) is 0 Å². The van der Waals surface area contributed by atoms with E-state index in [-0.39, 0.29) is 12.5 Å². The number of para-hydroxylation sites is 2. The van der Waals surface area contributed by atoms with Gasteiger partial charge in [-0.05, 0) is 51.4 Å². The summed E-state index contributed by atoms with van der Waals surface area (Å²) in [4.78, 5) is 39.2. The number of nitrogens with zero attached hydrogens (tertiary/aromatic N) is 3. The number of rotatable bonds is 6. The molecule has 0 saturated carbocycles. The molecule has 1 aliphatic heterocycles. The van der Waals surface area contributed by atoms with Gasteiger partial charge in [0.05, 0.1) is 11.0 Å². The van der Waals surface area contributed by atoms with E-state index in [2.05, 4.69) is 17.1 Å². The van der Waals surface area contributed by atoms with Crippen LogP contribution in [0.15, 0.2) is 33.9 Å². The number of benzene rings is 1. The van der Waals surface area contributed by atoms with Crippen LogP contribution in [0.2, 0.25) is 0 Å². The highest BCUT2D eigenvalue weighted by Gasteiger charge is 2.18. The molecule has 0 spiro atoms. The first-order valence-electron chi connectivity index (χ1n) is 9.18. The van der Waals surface area contributed by atoms with Crippen LogP contribution in [-0.2, 0) is 18.4 Å². The lowest BCUT2D eigenvalue weighted by atomic mass is 10.2. The monoisotopic (exact) mass is 358 g/mol. The van der Waals surface area contributed by atoms with Crippen LogP contribution < -0.4 is 16.4 Å². The zero-order valence-electron chi connectivity index (χ0n) is 15.4. The number of aromatic nitrogens is 2. The lowest BCUT2D eigenvalue weighted by Crippen LogP contribution is -2.43. The minimum absolute atomic E-state index is 0.145. The number of hydrogen-bond acceptors (Lipinski definition) is 4. The molecule has 1 aromatic heterocycles. The number of amides is 1. The summed E-state index contributed by atoms with van der Waals surface area (Å²) in [5.41, 5.74) is -0.0846. The molecule has 0 bridgehead atoms. The molecule has 0 aliphatic carbocycles. The van der Waals surface area contributed by atoms with Gasteiger partial charge in [0, 0.05) is 19.6 Å². The largest absolute Gasteiger partial charge is 0.354 e. The van der Waals surface area contributed by atoms with Crippen molar-refractivity contribution in [3.63, 3.8) is 0 Å². The first-order valence-corrected chi connectivity index (χ1v) is 9.18. The van der Waals surface area contributed by atoms with Crippen molar-refractivity contribution < 1.29 is 4.79 Å². The summed E-state index contributed by atoms with van der Waals surface area (Å²) in [7, 11) is 1.57. The van der Waals surface area contributed by atoms with E-state index in [4.69, 9.17) is 0 Å². The van der Waals surface area contributed by atoms with Crippen LogP contribution in [0.5, 0.6) is 0 Å². The molecule has 3 rings (SSSR count). The number of carbonyl (C=O) groups is 1. The van der Waals surface area contributed by atoms with Crippen molar-refractivity contribution in [2.24, 2.45) is 7.05 Å². The summed E-state index contributed by atoms with van der Waals surface area (Å²) in [5, 5.41) is 2.88. The molecule has 1 saturated heterocycles. The Hall–Kier alpha value is -2.41. The molecular weight excluding hydrogens is 332 g/mol. The first kappa shape index (κ1) is 18.4. The summed E-state index contributed by atoms with van der Waals surface area (Å²) < 4.78 is 2.58. The van der Waals surface area contributed by atoms with E-state index in [1.54, 1.807) is 31.3 Å². The fourth-order valence-corrected chi connectivity index (χ4v) is 3.60. The molecule has 0 unspecified atom stereocenters. The van der Waals surface area contributed by atoms with E-state index < -0.39 is 11.1 Å². The molecule has 2 aromatic rings. The van der Waals surface area contributed by atoms with Gasteiger partial charge in [-0.15, -0.1) is 0 Å². The normalized spacial score (nSPS) is 16.1. The second-order valence-corrected chi connectivity index (χ2v) is 6.97. The maximum absolute atomic E-state index is 12.3. The highest BCUT2D eigenvalue weighted by Crippen LogP contribution is 2.13. The first-order chi connectivity index (χ1) is 12.5. The Kier molecular flexibility index (Phi) is 5.56. The molecule has 1 amide bonds. The minimum atomic E-state index is -0.674. The van der Waals surface area contributed by atoms with Crippen LogP contribution in [0.4, 0.5) is 0 Å². The third-order valence-electron chi connectivity index (χ3n) is 5.22. The van der Waals surface area contributed by atoms with Crippen LogP contribution in [-0.4, -0.2) is 45.6 Å². The molecule has 7 nitrogen and oxygen atoms in total. The van der Waals surface area contributed by atoms with Gasteiger partial charge in [0.1, 0.15) is 6.54 Å². The predicted octanol–water partition coefficient (Wildman–Crippen LogP) is 0.691. The van der Waals surface area contributed by atoms with Gasteiger partial charge in [-0.2, -0.15) is 0 Å². The second-order valence-electron chi connectivity index (χ2n) is 6.97. The van der Waals surface area contributed by atoms with Crippen molar-refractivity contribution in [3.05, 3.63) is 45.0 Å². The van der Waals surface area contributed by atoms with Crippen molar-refractivity contribution in [3.8, 4) is 0 Å². The summed E-state index contributed by atoms with van der Waals surface area (Å²) in [6, 6.07) is 7.54. The standard InChI is InChI=1S/C19H26N4O3/c1-14(22-11-5-6-12-22)9-10-20-17(24)13-23-16-8-4-3-7-15(16)21(2)18(25)19(23)26/h3-4,7-8,14H,5-6,9-13H2,1-2H3,(H,20,24)/t14-/m0/s1. The van der Waals surface area contributed by atoms with Gasteiger partial charge in [0.2, 0.25) is 5.91 Å². The molecule has 2 heterocycles. The zero-order chi connectivity index (χ0) is 18.7. The number of likely N-dealkylation sites (tertiary alicyclic amines) is 1. The molecule has 1 fully saturated rings. The Labute approximate surface area is 152 Å². The number of hydrogen-bond donors (Lipinski definition) is 1. The van der Waals surface area contributed by atoms with Crippen LogP contribution >= 0.6 is 0 Å². The molecule has 1 N–H and O–H groups in total. The van der Waals surface area contributed by atoms with Crippen molar-refractivity contribution in [2.45, 2.75) is 38.8 Å². The molecule has 1 atom stereocenters. The number of fused-ring (bicyclic) bond motifs is 1. The maximum atomic E-state index is 12.3. The van der Waals surface area contributed by atoms with Crippen LogP contribution in [0, 0.1) is 0 Å². The van der Waals surface area contributed by atoms with E-state index in [0.717, 1.165) is 19.5 Å². The molecule has 26 heavy (non-hydrogen) atoms. The fourth-order valence-electron chi connectivity index (χ4n) is 3.60. The fraction of sp³-hybridized carbons (Fsp3) is 0.526. The van der Waals surface area contributed by atoms with E-state index >= 15 is 0 Å². The smallest absolute Gasteiger partial charge is 0.317 e. The Bertz CT molecular complexity index is 909. The van der Waals surface area contributed by atoms with Crippen LogP contribution in [0.25, 0.3) is 11.0 Å². The Morgan fingerprint density at radius 2 is 1.77 bits per heavy atom. The lowest BCUT2D eigenvalue weighted by molar-refractivity contribution is -0.121. The summed E-state index contributed by atoms with van der Waals surface area (Å²) in [6.07, 6.45) is 3.36. The van der Waals surface area contributed by atoms with Crippen LogP contribution in [0.1, 0.15) is 26.2 Å². The number of nitrogens with one attached hydrogen (secondary N) is 1. The predicted molar refractivity (Wildman–Crippen MR) is 101 cm³/mol. The van der Waals surface area contributed by atoms with Gasteiger partial charge in [-0.3, -0.25) is 19.0 Å². The Morgan fingerprint density at radius 3 is 2.46 bits per heavy atom. The van der Waals surface area contributed by atoms with E-state index in [9.17, 15) is 14.4 Å². The topological polar surface area (TPSA) is 76.3 Å². The average Bonchev–Trinajstić information content (AvgIpc) is 3.18. The van der Waals surface area contributed by atoms with Gasteiger partial charge in [-0.25, -0.2) is 0 Å². The van der Waals surface area contributed by atoms with Crippen molar-refractivity contribution >= 4 is 16.9 Å². The van der Waals surface area contributed by atoms with Crippen LogP contribution in [0.3, 0.4) is 0 Å². The van der Waals surface area contributed by atoms with E-state index in [1.165, 1.54) is 22.0 Å². The highest BCUT2D eigenvalue weighted by atomic mass is 16.2. The molecule has 140 valence electrons. The van der Waals surface area contributed by atoms with Gasteiger partial charge >= 0.3 is 11.1 Å². The van der Waals surface area contributed by atoms with Crippen molar-refractivity contribution in [2.75, 3.05) is 19.6 Å². The van der Waals surface area contributed by atoms with Gasteiger partial charge in [0.25, 0.3) is 0 Å². The summed E-state index contributed by atoms with van der Waals surface area (Å²) >= 11 is 0. The molecule has 0 radical (unpaired) electrons. The van der Waals surface area contributed by atoms with Crippen molar-refractivity contribution in [1.82, 2.24) is 19.4 Å². The quantitative estimate of drug-likeness (QED) is 0.771. The van der Waals surface area contributed by atoms with Gasteiger partial charge < -0.3 is 14.8 Å². The SMILES string of the molecule is C[C@@H](CCNC(=O)Cn1c(=O)c(=O)n(C)c2ccccc21)N1CCCC1. The average molecular weight is 358 g/mol. The molecule has 1 aromatic carbocycles. The summed E-state index contributed by atoms with van der Waals surface area (Å²) in [6.45, 7) is 4.85. The number of aryl methyl sites for hydroxylation is 1. The molecule has 1 aliphatic rings. The van der Waals surface area contributed by atoms with Gasteiger partial charge in [-0.1, -0.05) is 12.1 Å². The van der Waals surface area contributed by atoms with Gasteiger partial charge in [0.15, 0.2) is 0 Å². The zero-order valence-corrected chi connectivity index (χ0v) is 15.4. The number of carbonyl (C=O) groups excluding carboxylic acids is 1. The highest BCUT2D eigenvalue weighted by molar-refractivity contribution is 5.80. The lowest BCUT2D eigenvalue weighted by Gasteiger charge is -2.23. The Morgan fingerprint density at radius 1 is 1.12 bits per heavy atom. The van der Waals surface area contributed by atoms with E-state index in [0.29, 0.717) is 23.6 Å². The summed E-state index contributed by atoms with van der Waals surface area (Å²) in [5.74, 6) is -0.251. The molecular formula is C19H26N4O3. The third kappa shape index (κ3) is 3.72.